The maximum absolute atomic E-state index is 13.5. The molecular formula is C31H31FN6O3. The normalized spacial score (nSPS) is 17.2. The molecule has 1 aliphatic rings. The van der Waals surface area contributed by atoms with Gasteiger partial charge in [-0.3, -0.25) is 9.69 Å². The predicted octanol–water partition coefficient (Wildman–Crippen LogP) is 4.72. The van der Waals surface area contributed by atoms with E-state index in [2.05, 4.69) is 37.9 Å². The highest BCUT2D eigenvalue weighted by Gasteiger charge is 2.38. The molecule has 2 aromatic heterocycles. The van der Waals surface area contributed by atoms with Crippen LogP contribution in [0.25, 0.3) is 22.1 Å². The van der Waals surface area contributed by atoms with E-state index >= 15 is 0 Å². The average molecular weight is 555 g/mol. The number of halogens is 1. The number of nitrogens with one attached hydrogen (secondary N) is 1. The van der Waals surface area contributed by atoms with E-state index < -0.39 is 6.04 Å². The standard InChI is InChI=1S/C31H31FN6O3/c1-20-30(22-6-4-3-5-7-22)26-16-28(40-2)23(14-29(26)41-20)17-37-18-25(38-19-34-35-36-38)15-27(37)31(39)33-13-12-21-8-10-24(32)11-9-21/h3-11,14,16,19,25,27H,12-13,15,17-18H2,1-2H3,(H,33,39)/t25-,27+/m1/s1. The van der Waals surface area contributed by atoms with E-state index in [-0.39, 0.29) is 17.8 Å². The zero-order valence-corrected chi connectivity index (χ0v) is 23.0. The third kappa shape index (κ3) is 5.55. The Balaban J connectivity index is 1.25. The Morgan fingerprint density at radius 3 is 2.68 bits per heavy atom. The molecule has 1 aliphatic heterocycles. The number of furan rings is 1. The summed E-state index contributed by atoms with van der Waals surface area (Å²) < 4.78 is 27.0. The van der Waals surface area contributed by atoms with Gasteiger partial charge in [-0.15, -0.1) is 5.10 Å². The molecule has 2 atom stereocenters. The highest BCUT2D eigenvalue weighted by atomic mass is 19.1. The van der Waals surface area contributed by atoms with E-state index in [1.165, 1.54) is 12.1 Å². The number of aromatic nitrogens is 4. The van der Waals surface area contributed by atoms with E-state index in [0.717, 1.165) is 44.7 Å². The Kier molecular flexibility index (Phi) is 7.47. The summed E-state index contributed by atoms with van der Waals surface area (Å²) in [7, 11) is 1.66. The second-order valence-electron chi connectivity index (χ2n) is 10.4. The summed E-state index contributed by atoms with van der Waals surface area (Å²) in [5.74, 6) is 1.23. The highest BCUT2D eigenvalue weighted by Crippen LogP contribution is 2.39. The molecule has 6 rings (SSSR count). The topological polar surface area (TPSA) is 98.3 Å². The monoisotopic (exact) mass is 554 g/mol. The van der Waals surface area contributed by atoms with E-state index in [0.29, 0.717) is 32.5 Å². The Hall–Kier alpha value is -4.57. The van der Waals surface area contributed by atoms with Gasteiger partial charge in [-0.25, -0.2) is 9.07 Å². The number of hydrogen-bond acceptors (Lipinski definition) is 7. The minimum atomic E-state index is -0.393. The third-order valence-electron chi connectivity index (χ3n) is 7.75. The van der Waals surface area contributed by atoms with Crippen LogP contribution in [0.4, 0.5) is 4.39 Å². The van der Waals surface area contributed by atoms with Crippen LogP contribution in [-0.4, -0.2) is 57.3 Å². The molecule has 1 amide bonds. The minimum Gasteiger partial charge on any atom is -0.496 e. The molecule has 210 valence electrons. The van der Waals surface area contributed by atoms with Crippen molar-refractivity contribution in [3.63, 3.8) is 0 Å². The van der Waals surface area contributed by atoms with E-state index in [1.54, 1.807) is 30.3 Å². The number of ether oxygens (including phenoxy) is 1. The second kappa shape index (κ2) is 11.5. The van der Waals surface area contributed by atoms with Crippen molar-refractivity contribution in [3.05, 3.63) is 95.8 Å². The van der Waals surface area contributed by atoms with Crippen molar-refractivity contribution in [1.82, 2.24) is 30.4 Å². The van der Waals surface area contributed by atoms with Crippen LogP contribution < -0.4 is 10.1 Å². The molecule has 3 aromatic carbocycles. The van der Waals surface area contributed by atoms with Crippen LogP contribution in [0.3, 0.4) is 0 Å². The van der Waals surface area contributed by atoms with Crippen LogP contribution >= 0.6 is 0 Å². The number of nitrogens with zero attached hydrogens (tertiary/aromatic N) is 5. The zero-order valence-electron chi connectivity index (χ0n) is 23.0. The lowest BCUT2D eigenvalue weighted by molar-refractivity contribution is -0.125. The van der Waals surface area contributed by atoms with E-state index in [9.17, 15) is 9.18 Å². The maximum Gasteiger partial charge on any atom is 0.237 e. The van der Waals surface area contributed by atoms with Crippen LogP contribution in [0.2, 0.25) is 0 Å². The smallest absolute Gasteiger partial charge is 0.237 e. The summed E-state index contributed by atoms with van der Waals surface area (Å²) >= 11 is 0. The summed E-state index contributed by atoms with van der Waals surface area (Å²) in [5, 5.41) is 15.7. The van der Waals surface area contributed by atoms with E-state index in [4.69, 9.17) is 9.15 Å². The fraction of sp³-hybridized carbons (Fsp3) is 0.290. The summed E-state index contributed by atoms with van der Waals surface area (Å²) in [4.78, 5) is 15.6. The molecule has 0 radical (unpaired) electrons. The fourth-order valence-corrected chi connectivity index (χ4v) is 5.74. The summed E-state index contributed by atoms with van der Waals surface area (Å²) in [6, 6.07) is 20.1. The number of aryl methyl sites for hydroxylation is 1. The van der Waals surface area contributed by atoms with Gasteiger partial charge in [-0.05, 0) is 65.6 Å². The largest absolute Gasteiger partial charge is 0.496 e. The van der Waals surface area contributed by atoms with Gasteiger partial charge in [0.25, 0.3) is 0 Å². The first-order chi connectivity index (χ1) is 20.0. The summed E-state index contributed by atoms with van der Waals surface area (Å²) in [6.07, 6.45) is 2.76. The molecular weight excluding hydrogens is 523 g/mol. The van der Waals surface area contributed by atoms with Gasteiger partial charge in [0.1, 0.15) is 29.2 Å². The van der Waals surface area contributed by atoms with Crippen LogP contribution in [0.5, 0.6) is 5.75 Å². The van der Waals surface area contributed by atoms with Crippen molar-refractivity contribution in [2.75, 3.05) is 20.2 Å². The molecule has 10 heteroatoms. The second-order valence-corrected chi connectivity index (χ2v) is 10.4. The lowest BCUT2D eigenvalue weighted by Crippen LogP contribution is -2.43. The number of tetrazole rings is 1. The van der Waals surface area contributed by atoms with Crippen molar-refractivity contribution >= 4 is 16.9 Å². The molecule has 0 saturated carbocycles. The first-order valence-electron chi connectivity index (χ1n) is 13.6. The average Bonchev–Trinajstić information content (AvgIpc) is 3.73. The SMILES string of the molecule is COc1cc2c(-c3ccccc3)c(C)oc2cc1CN1C[C@H](n2cnnn2)C[C@H]1C(=O)NCCc1ccc(F)cc1. The molecule has 1 saturated heterocycles. The van der Waals surface area contributed by atoms with Crippen molar-refractivity contribution in [1.29, 1.82) is 0 Å². The van der Waals surface area contributed by atoms with Crippen molar-refractivity contribution in [3.8, 4) is 16.9 Å². The summed E-state index contributed by atoms with van der Waals surface area (Å²) in [6.45, 7) is 3.49. The maximum atomic E-state index is 13.5. The van der Waals surface area contributed by atoms with Crippen LogP contribution in [0.15, 0.2) is 77.5 Å². The van der Waals surface area contributed by atoms with Crippen LogP contribution in [-0.2, 0) is 17.8 Å². The number of fused-ring (bicyclic) bond motifs is 1. The van der Waals surface area contributed by atoms with Gasteiger partial charge in [0.2, 0.25) is 5.91 Å². The van der Waals surface area contributed by atoms with Crippen LogP contribution in [0.1, 0.15) is 29.3 Å². The zero-order chi connectivity index (χ0) is 28.3. The molecule has 0 bridgehead atoms. The van der Waals surface area contributed by atoms with Crippen molar-refractivity contribution in [2.45, 2.75) is 38.4 Å². The van der Waals surface area contributed by atoms with Crippen molar-refractivity contribution < 1.29 is 18.3 Å². The molecule has 1 N–H and O–H groups in total. The fourth-order valence-electron chi connectivity index (χ4n) is 5.74. The summed E-state index contributed by atoms with van der Waals surface area (Å²) in [5.41, 5.74) is 4.79. The third-order valence-corrected chi connectivity index (χ3v) is 7.75. The molecule has 41 heavy (non-hydrogen) atoms. The number of carbonyl (C=O) groups is 1. The van der Waals surface area contributed by atoms with Gasteiger partial charge in [0, 0.05) is 36.1 Å². The van der Waals surface area contributed by atoms with Crippen molar-refractivity contribution in [2.24, 2.45) is 0 Å². The van der Waals surface area contributed by atoms with Gasteiger partial charge >= 0.3 is 0 Å². The Labute approximate surface area is 236 Å². The number of carbonyl (C=O) groups excluding carboxylic acids is 1. The van der Waals surface area contributed by atoms with E-state index in [1.807, 2.05) is 37.3 Å². The molecule has 3 heterocycles. The van der Waals surface area contributed by atoms with Gasteiger partial charge in [-0.2, -0.15) is 0 Å². The number of benzene rings is 3. The quantitative estimate of drug-likeness (QED) is 0.282. The number of amides is 1. The highest BCUT2D eigenvalue weighted by molar-refractivity contribution is 5.97. The predicted molar refractivity (Wildman–Crippen MR) is 152 cm³/mol. The Morgan fingerprint density at radius 2 is 1.95 bits per heavy atom. The molecule has 0 spiro atoms. The molecule has 1 fully saturated rings. The Bertz CT molecular complexity index is 1640. The first-order valence-corrected chi connectivity index (χ1v) is 13.6. The lowest BCUT2D eigenvalue weighted by Gasteiger charge is -2.24. The molecule has 5 aromatic rings. The first kappa shape index (κ1) is 26.6. The van der Waals surface area contributed by atoms with Gasteiger partial charge < -0.3 is 14.5 Å². The lowest BCUT2D eigenvalue weighted by atomic mass is 10.0. The van der Waals surface area contributed by atoms with Gasteiger partial charge in [0.15, 0.2) is 0 Å². The number of methoxy groups -OCH3 is 1. The molecule has 9 nitrogen and oxygen atoms in total. The number of likely N-dealkylation sites (tertiary alicyclic amines) is 1. The minimum absolute atomic E-state index is 0.0527. The van der Waals surface area contributed by atoms with Crippen LogP contribution in [0, 0.1) is 12.7 Å². The molecule has 0 unspecified atom stereocenters. The number of hydrogen-bond donors (Lipinski definition) is 1. The Morgan fingerprint density at radius 1 is 1.15 bits per heavy atom. The van der Waals surface area contributed by atoms with Gasteiger partial charge in [0.05, 0.1) is 19.2 Å². The number of rotatable bonds is 9. The molecule has 0 aliphatic carbocycles. The van der Waals surface area contributed by atoms with Gasteiger partial charge in [-0.1, -0.05) is 42.5 Å².